The van der Waals surface area contributed by atoms with Crippen molar-refractivity contribution in [2.24, 2.45) is 5.92 Å². The number of methoxy groups -OCH3 is 1. The molecule has 2 aromatic carbocycles. The third-order valence-electron chi connectivity index (χ3n) is 5.04. The van der Waals surface area contributed by atoms with Gasteiger partial charge in [0.15, 0.2) is 0 Å². The number of benzene rings is 2. The topological polar surface area (TPSA) is 41.6 Å². The fourth-order valence-electron chi connectivity index (χ4n) is 3.31. The number of ether oxygens (including phenoxy) is 1. The Balaban J connectivity index is 1.49. The molecule has 0 aliphatic carbocycles. The van der Waals surface area contributed by atoms with Gasteiger partial charge in [0.2, 0.25) is 5.91 Å². The van der Waals surface area contributed by atoms with Crippen molar-refractivity contribution in [3.63, 3.8) is 0 Å². The van der Waals surface area contributed by atoms with E-state index in [2.05, 4.69) is 29.3 Å². The van der Waals surface area contributed by atoms with Gasteiger partial charge < -0.3 is 10.1 Å². The zero-order chi connectivity index (χ0) is 18.4. The molecule has 4 heteroatoms. The van der Waals surface area contributed by atoms with Gasteiger partial charge in [-0.1, -0.05) is 31.2 Å². The van der Waals surface area contributed by atoms with Crippen molar-refractivity contribution in [1.82, 2.24) is 4.90 Å². The Hall–Kier alpha value is -2.33. The largest absolute Gasteiger partial charge is 0.497 e. The minimum absolute atomic E-state index is 0.00654. The van der Waals surface area contributed by atoms with E-state index in [9.17, 15) is 4.79 Å². The summed E-state index contributed by atoms with van der Waals surface area (Å²) in [6, 6.07) is 15.8. The molecular weight excluding hydrogens is 324 g/mol. The van der Waals surface area contributed by atoms with Crippen LogP contribution in [0.3, 0.4) is 0 Å². The summed E-state index contributed by atoms with van der Waals surface area (Å²) in [5.41, 5.74) is 3.12. The maximum Gasteiger partial charge on any atom is 0.228 e. The summed E-state index contributed by atoms with van der Waals surface area (Å²) in [4.78, 5) is 14.7. The quantitative estimate of drug-likeness (QED) is 0.851. The van der Waals surface area contributed by atoms with Crippen molar-refractivity contribution in [1.29, 1.82) is 0 Å². The minimum Gasteiger partial charge on any atom is -0.497 e. The van der Waals surface area contributed by atoms with Crippen LogP contribution in [0.25, 0.3) is 0 Å². The van der Waals surface area contributed by atoms with Gasteiger partial charge in [-0.2, -0.15) is 0 Å². The van der Waals surface area contributed by atoms with Crippen molar-refractivity contribution in [2.45, 2.75) is 32.7 Å². The second kappa shape index (κ2) is 8.86. The Kier molecular flexibility index (Phi) is 6.29. The van der Waals surface area contributed by atoms with Crippen LogP contribution in [0, 0.1) is 5.92 Å². The lowest BCUT2D eigenvalue weighted by Gasteiger charge is -2.30. The molecular formula is C22H28N2O2. The highest BCUT2D eigenvalue weighted by atomic mass is 16.5. The SMILES string of the molecule is COc1ccc(CC(=O)Nc2ccc(CN3CCC(C)CC3)cc2)cc1. The fraction of sp³-hybridized carbons (Fsp3) is 0.409. The van der Waals surface area contributed by atoms with Crippen LogP contribution in [-0.4, -0.2) is 31.0 Å². The molecule has 138 valence electrons. The molecule has 1 N–H and O–H groups in total. The Bertz CT molecular complexity index is 702. The van der Waals surface area contributed by atoms with Gasteiger partial charge in [-0.3, -0.25) is 9.69 Å². The summed E-state index contributed by atoms with van der Waals surface area (Å²) in [7, 11) is 1.64. The molecule has 4 nitrogen and oxygen atoms in total. The van der Waals surface area contributed by atoms with Gasteiger partial charge in [-0.05, 0) is 67.2 Å². The number of hydrogen-bond acceptors (Lipinski definition) is 3. The van der Waals surface area contributed by atoms with E-state index in [1.54, 1.807) is 7.11 Å². The third-order valence-corrected chi connectivity index (χ3v) is 5.04. The van der Waals surface area contributed by atoms with Crippen LogP contribution in [0.1, 0.15) is 30.9 Å². The molecule has 0 atom stereocenters. The molecule has 3 rings (SSSR count). The van der Waals surface area contributed by atoms with Gasteiger partial charge in [-0.25, -0.2) is 0 Å². The molecule has 0 aromatic heterocycles. The molecule has 2 aromatic rings. The lowest BCUT2D eigenvalue weighted by molar-refractivity contribution is -0.115. The van der Waals surface area contributed by atoms with Gasteiger partial charge in [0.1, 0.15) is 5.75 Å². The molecule has 26 heavy (non-hydrogen) atoms. The molecule has 1 fully saturated rings. The number of hydrogen-bond donors (Lipinski definition) is 1. The second-order valence-corrected chi connectivity index (χ2v) is 7.23. The number of nitrogens with one attached hydrogen (secondary N) is 1. The monoisotopic (exact) mass is 352 g/mol. The zero-order valence-corrected chi connectivity index (χ0v) is 15.7. The van der Waals surface area contributed by atoms with Crippen LogP contribution in [0.2, 0.25) is 0 Å². The summed E-state index contributed by atoms with van der Waals surface area (Å²) < 4.78 is 5.14. The summed E-state index contributed by atoms with van der Waals surface area (Å²) in [6.45, 7) is 5.69. The van der Waals surface area contributed by atoms with Crippen LogP contribution in [0.5, 0.6) is 5.75 Å². The van der Waals surface area contributed by atoms with Crippen LogP contribution in [0.15, 0.2) is 48.5 Å². The first kappa shape index (κ1) is 18.5. The van der Waals surface area contributed by atoms with E-state index in [0.717, 1.165) is 29.5 Å². The van der Waals surface area contributed by atoms with Crippen molar-refractivity contribution >= 4 is 11.6 Å². The van der Waals surface area contributed by atoms with E-state index in [1.807, 2.05) is 36.4 Å². The van der Waals surface area contributed by atoms with E-state index in [1.165, 1.54) is 31.5 Å². The molecule has 0 spiro atoms. The normalized spacial score (nSPS) is 15.6. The van der Waals surface area contributed by atoms with Gasteiger partial charge in [0.05, 0.1) is 13.5 Å². The Morgan fingerprint density at radius 2 is 1.65 bits per heavy atom. The average Bonchev–Trinajstić information content (AvgIpc) is 2.66. The molecule has 1 amide bonds. The highest BCUT2D eigenvalue weighted by Crippen LogP contribution is 2.19. The predicted octanol–water partition coefficient (Wildman–Crippen LogP) is 4.11. The van der Waals surface area contributed by atoms with E-state index >= 15 is 0 Å². The number of piperidine rings is 1. The zero-order valence-electron chi connectivity index (χ0n) is 15.7. The fourth-order valence-corrected chi connectivity index (χ4v) is 3.31. The van der Waals surface area contributed by atoms with E-state index in [4.69, 9.17) is 4.74 Å². The van der Waals surface area contributed by atoms with Crippen LogP contribution >= 0.6 is 0 Å². The molecule has 1 aliphatic heterocycles. The van der Waals surface area contributed by atoms with E-state index in [0.29, 0.717) is 6.42 Å². The van der Waals surface area contributed by atoms with Crippen molar-refractivity contribution in [3.8, 4) is 5.75 Å². The first-order chi connectivity index (χ1) is 12.6. The molecule has 0 bridgehead atoms. The number of likely N-dealkylation sites (tertiary alicyclic amines) is 1. The van der Waals surface area contributed by atoms with E-state index in [-0.39, 0.29) is 5.91 Å². The molecule has 1 heterocycles. The lowest BCUT2D eigenvalue weighted by Crippen LogP contribution is -2.32. The number of amides is 1. The minimum atomic E-state index is -0.00654. The Labute approximate surface area is 156 Å². The number of anilines is 1. The maximum absolute atomic E-state index is 12.2. The Morgan fingerprint density at radius 3 is 2.27 bits per heavy atom. The number of nitrogens with zero attached hydrogens (tertiary/aromatic N) is 1. The van der Waals surface area contributed by atoms with Gasteiger partial charge in [0, 0.05) is 12.2 Å². The summed E-state index contributed by atoms with van der Waals surface area (Å²) in [5, 5.41) is 2.97. The van der Waals surface area contributed by atoms with Gasteiger partial charge >= 0.3 is 0 Å². The van der Waals surface area contributed by atoms with Crippen LogP contribution in [0.4, 0.5) is 5.69 Å². The number of carbonyl (C=O) groups is 1. The van der Waals surface area contributed by atoms with Gasteiger partial charge in [-0.15, -0.1) is 0 Å². The standard InChI is InChI=1S/C22H28N2O2/c1-17-11-13-24(14-12-17)16-19-3-7-20(8-4-19)23-22(25)15-18-5-9-21(26-2)10-6-18/h3-10,17H,11-16H2,1-2H3,(H,23,25). The Morgan fingerprint density at radius 1 is 1.04 bits per heavy atom. The first-order valence-electron chi connectivity index (χ1n) is 9.36. The first-order valence-corrected chi connectivity index (χ1v) is 9.36. The van der Waals surface area contributed by atoms with Crippen molar-refractivity contribution < 1.29 is 9.53 Å². The smallest absolute Gasteiger partial charge is 0.228 e. The van der Waals surface area contributed by atoms with Crippen molar-refractivity contribution in [2.75, 3.05) is 25.5 Å². The predicted molar refractivity (Wildman–Crippen MR) is 105 cm³/mol. The second-order valence-electron chi connectivity index (χ2n) is 7.23. The summed E-state index contributed by atoms with van der Waals surface area (Å²) in [6.07, 6.45) is 2.94. The molecule has 0 radical (unpaired) electrons. The van der Waals surface area contributed by atoms with Crippen molar-refractivity contribution in [3.05, 3.63) is 59.7 Å². The molecule has 0 saturated carbocycles. The van der Waals surface area contributed by atoms with Crippen LogP contribution in [-0.2, 0) is 17.8 Å². The molecule has 0 unspecified atom stereocenters. The highest BCUT2D eigenvalue weighted by Gasteiger charge is 2.15. The molecule has 1 saturated heterocycles. The van der Waals surface area contributed by atoms with E-state index < -0.39 is 0 Å². The average molecular weight is 352 g/mol. The molecule has 1 aliphatic rings. The number of carbonyl (C=O) groups excluding carboxylic acids is 1. The highest BCUT2D eigenvalue weighted by molar-refractivity contribution is 5.92. The van der Waals surface area contributed by atoms with Gasteiger partial charge in [0.25, 0.3) is 0 Å². The third kappa shape index (κ3) is 5.33. The number of rotatable bonds is 6. The maximum atomic E-state index is 12.2. The lowest BCUT2D eigenvalue weighted by atomic mass is 9.99. The van der Waals surface area contributed by atoms with Crippen LogP contribution < -0.4 is 10.1 Å². The summed E-state index contributed by atoms with van der Waals surface area (Å²) in [5.74, 6) is 1.65. The summed E-state index contributed by atoms with van der Waals surface area (Å²) >= 11 is 0.